The molecule has 3 heterocycles. The summed E-state index contributed by atoms with van der Waals surface area (Å²) in [6.45, 7) is 6.80. The molecule has 1 aromatic carbocycles. The number of hydrogen-bond acceptors (Lipinski definition) is 4. The van der Waals surface area contributed by atoms with E-state index in [1.54, 1.807) is 6.20 Å². The monoisotopic (exact) mass is 364 g/mol. The number of para-hydroxylation sites is 1. The summed E-state index contributed by atoms with van der Waals surface area (Å²) < 4.78 is 5.89. The number of ether oxygens (including phenoxy) is 1. The summed E-state index contributed by atoms with van der Waals surface area (Å²) in [7, 11) is 0. The van der Waals surface area contributed by atoms with E-state index in [1.807, 2.05) is 61.2 Å². The fourth-order valence-corrected chi connectivity index (χ4v) is 3.45. The number of rotatable bonds is 4. The van der Waals surface area contributed by atoms with E-state index in [2.05, 4.69) is 14.9 Å². The van der Waals surface area contributed by atoms with Crippen molar-refractivity contribution in [3.8, 4) is 5.75 Å². The second kappa shape index (κ2) is 7.31. The summed E-state index contributed by atoms with van der Waals surface area (Å²) in [5.74, 6) is 1.69. The van der Waals surface area contributed by atoms with Gasteiger partial charge in [0.15, 0.2) is 11.6 Å². The molecular formula is C21H24N4O2. The van der Waals surface area contributed by atoms with Crippen molar-refractivity contribution in [2.45, 2.75) is 20.0 Å². The molecule has 0 spiro atoms. The van der Waals surface area contributed by atoms with Gasteiger partial charge in [-0.3, -0.25) is 4.79 Å². The van der Waals surface area contributed by atoms with E-state index in [9.17, 15) is 4.79 Å². The second-order valence-electron chi connectivity index (χ2n) is 7.04. The highest BCUT2D eigenvalue weighted by Crippen LogP contribution is 2.27. The van der Waals surface area contributed by atoms with E-state index in [-0.39, 0.29) is 12.0 Å². The van der Waals surface area contributed by atoms with E-state index in [1.165, 1.54) is 0 Å². The van der Waals surface area contributed by atoms with Gasteiger partial charge in [0.05, 0.1) is 6.10 Å². The number of hydrogen-bond donors (Lipinski definition) is 1. The summed E-state index contributed by atoms with van der Waals surface area (Å²) in [6.07, 6.45) is 1.88. The lowest BCUT2D eigenvalue weighted by atomic mass is 10.2. The smallest absolute Gasteiger partial charge is 0.270 e. The fraction of sp³-hybridized carbons (Fsp3) is 0.333. The first-order chi connectivity index (χ1) is 13.1. The van der Waals surface area contributed by atoms with Gasteiger partial charge in [0.25, 0.3) is 5.91 Å². The maximum Gasteiger partial charge on any atom is 0.270 e. The Morgan fingerprint density at radius 2 is 1.89 bits per heavy atom. The maximum absolute atomic E-state index is 12.9. The molecule has 1 N–H and O–H groups in total. The Hall–Kier alpha value is -3.02. The molecule has 1 aliphatic rings. The Morgan fingerprint density at radius 1 is 1.11 bits per heavy atom. The zero-order valence-electron chi connectivity index (χ0n) is 15.7. The van der Waals surface area contributed by atoms with Crippen LogP contribution in [0.4, 0.5) is 5.82 Å². The number of H-pyrrole nitrogens is 1. The van der Waals surface area contributed by atoms with Gasteiger partial charge in [0.1, 0.15) is 5.69 Å². The van der Waals surface area contributed by atoms with Crippen LogP contribution in [0.3, 0.4) is 0 Å². The first-order valence-electron chi connectivity index (χ1n) is 9.35. The lowest BCUT2D eigenvalue weighted by Crippen LogP contribution is -2.49. The van der Waals surface area contributed by atoms with Crippen LogP contribution in [0.15, 0.2) is 48.7 Å². The Morgan fingerprint density at radius 3 is 2.63 bits per heavy atom. The number of piperazine rings is 1. The van der Waals surface area contributed by atoms with Crippen molar-refractivity contribution in [2.24, 2.45) is 0 Å². The number of pyridine rings is 1. The van der Waals surface area contributed by atoms with Crippen LogP contribution in [0.5, 0.6) is 5.75 Å². The van der Waals surface area contributed by atoms with Gasteiger partial charge in [-0.05, 0) is 38.1 Å². The minimum absolute atomic E-state index is 0.0468. The van der Waals surface area contributed by atoms with Crippen molar-refractivity contribution < 1.29 is 9.53 Å². The molecule has 1 saturated heterocycles. The lowest BCUT2D eigenvalue weighted by Gasteiger charge is -2.35. The first kappa shape index (κ1) is 17.4. The number of anilines is 1. The second-order valence-corrected chi connectivity index (χ2v) is 7.04. The third-order valence-corrected chi connectivity index (χ3v) is 4.74. The molecule has 1 aliphatic heterocycles. The SMILES string of the molecule is CC(C)Oc1cccnc1N1CCN(C(=O)c2cc3ccccc3[nH]2)CC1. The standard InChI is InChI=1S/C21H24N4O2/c1-15(2)27-19-8-5-9-22-20(19)24-10-12-25(13-11-24)21(26)18-14-16-6-3-4-7-17(16)23-18/h3-9,14-15,23H,10-13H2,1-2H3. The van der Waals surface area contributed by atoms with Crippen LogP contribution in [0.2, 0.25) is 0 Å². The Kier molecular flexibility index (Phi) is 4.71. The average molecular weight is 364 g/mol. The van der Waals surface area contributed by atoms with Crippen molar-refractivity contribution in [1.29, 1.82) is 0 Å². The van der Waals surface area contributed by atoms with E-state index in [0.29, 0.717) is 18.8 Å². The predicted octanol–water partition coefficient (Wildman–Crippen LogP) is 3.31. The quantitative estimate of drug-likeness (QED) is 0.771. The molecule has 1 fully saturated rings. The minimum Gasteiger partial charge on any atom is -0.487 e. The summed E-state index contributed by atoms with van der Waals surface area (Å²) in [6, 6.07) is 13.7. The molecule has 0 aliphatic carbocycles. The van der Waals surface area contributed by atoms with Crippen molar-refractivity contribution in [3.63, 3.8) is 0 Å². The minimum atomic E-state index is 0.0468. The molecule has 0 unspecified atom stereocenters. The normalized spacial score (nSPS) is 14.8. The average Bonchev–Trinajstić information content (AvgIpc) is 3.12. The number of aromatic nitrogens is 2. The van der Waals surface area contributed by atoms with Gasteiger partial charge >= 0.3 is 0 Å². The molecule has 1 amide bonds. The van der Waals surface area contributed by atoms with Gasteiger partial charge in [-0.15, -0.1) is 0 Å². The molecule has 0 radical (unpaired) electrons. The Bertz CT molecular complexity index is 909. The van der Waals surface area contributed by atoms with E-state index in [4.69, 9.17) is 4.74 Å². The molecule has 0 bridgehead atoms. The highest BCUT2D eigenvalue weighted by atomic mass is 16.5. The van der Waals surface area contributed by atoms with E-state index >= 15 is 0 Å². The van der Waals surface area contributed by atoms with Gasteiger partial charge in [0.2, 0.25) is 0 Å². The van der Waals surface area contributed by atoms with Crippen LogP contribution in [0.1, 0.15) is 24.3 Å². The fourth-order valence-electron chi connectivity index (χ4n) is 3.45. The Labute approximate surface area is 158 Å². The third-order valence-electron chi connectivity index (χ3n) is 4.74. The van der Waals surface area contributed by atoms with Crippen LogP contribution >= 0.6 is 0 Å². The van der Waals surface area contributed by atoms with Crippen LogP contribution in [-0.2, 0) is 0 Å². The third kappa shape index (κ3) is 3.60. The van der Waals surface area contributed by atoms with Crippen LogP contribution < -0.4 is 9.64 Å². The highest BCUT2D eigenvalue weighted by molar-refractivity contribution is 5.98. The molecule has 3 aromatic rings. The van der Waals surface area contributed by atoms with Crippen molar-refractivity contribution in [2.75, 3.05) is 31.1 Å². The van der Waals surface area contributed by atoms with Gasteiger partial charge in [-0.1, -0.05) is 18.2 Å². The Balaban J connectivity index is 1.45. The van der Waals surface area contributed by atoms with Gasteiger partial charge < -0.3 is 19.5 Å². The molecule has 0 atom stereocenters. The topological polar surface area (TPSA) is 61.5 Å². The molecule has 6 nitrogen and oxygen atoms in total. The number of amides is 1. The van der Waals surface area contributed by atoms with E-state index in [0.717, 1.165) is 35.6 Å². The van der Waals surface area contributed by atoms with Crippen molar-refractivity contribution in [1.82, 2.24) is 14.9 Å². The molecule has 27 heavy (non-hydrogen) atoms. The van der Waals surface area contributed by atoms with Gasteiger partial charge in [-0.2, -0.15) is 0 Å². The number of benzene rings is 1. The van der Waals surface area contributed by atoms with Gasteiger partial charge in [0, 0.05) is 43.3 Å². The molecule has 0 saturated carbocycles. The largest absolute Gasteiger partial charge is 0.487 e. The molecule has 6 heteroatoms. The van der Waals surface area contributed by atoms with Crippen molar-refractivity contribution in [3.05, 3.63) is 54.4 Å². The van der Waals surface area contributed by atoms with Crippen LogP contribution in [0.25, 0.3) is 10.9 Å². The number of carbonyl (C=O) groups excluding carboxylic acids is 1. The van der Waals surface area contributed by atoms with E-state index < -0.39 is 0 Å². The number of nitrogens with zero attached hydrogens (tertiary/aromatic N) is 3. The molecular weight excluding hydrogens is 340 g/mol. The van der Waals surface area contributed by atoms with Gasteiger partial charge in [-0.25, -0.2) is 4.98 Å². The summed E-state index contributed by atoms with van der Waals surface area (Å²) in [5, 5.41) is 1.06. The molecule has 2 aromatic heterocycles. The summed E-state index contributed by atoms with van der Waals surface area (Å²) >= 11 is 0. The van der Waals surface area contributed by atoms with Crippen molar-refractivity contribution >= 4 is 22.6 Å². The number of carbonyl (C=O) groups is 1. The summed E-state index contributed by atoms with van der Waals surface area (Å²) in [4.78, 5) is 24.7. The number of fused-ring (bicyclic) bond motifs is 1. The number of aromatic amines is 1. The zero-order chi connectivity index (χ0) is 18.8. The predicted molar refractivity (Wildman–Crippen MR) is 106 cm³/mol. The zero-order valence-corrected chi connectivity index (χ0v) is 15.7. The van der Waals surface area contributed by atoms with Crippen LogP contribution in [-0.4, -0.2) is 53.1 Å². The molecule has 4 rings (SSSR count). The summed E-state index contributed by atoms with van der Waals surface area (Å²) in [5.41, 5.74) is 1.63. The van der Waals surface area contributed by atoms with Crippen LogP contribution in [0, 0.1) is 0 Å². The molecule has 140 valence electrons. The highest BCUT2D eigenvalue weighted by Gasteiger charge is 2.25. The lowest BCUT2D eigenvalue weighted by molar-refractivity contribution is 0.0741. The number of nitrogens with one attached hydrogen (secondary N) is 1. The first-order valence-corrected chi connectivity index (χ1v) is 9.35. The maximum atomic E-state index is 12.9.